The first-order valence-electron chi connectivity index (χ1n) is 7.25. The van der Waals surface area contributed by atoms with Gasteiger partial charge in [-0.25, -0.2) is 4.98 Å². The number of ether oxygens (including phenoxy) is 2. The Bertz CT molecular complexity index is 843. The van der Waals surface area contributed by atoms with Crippen molar-refractivity contribution in [3.63, 3.8) is 0 Å². The summed E-state index contributed by atoms with van der Waals surface area (Å²) >= 11 is 1.37. The predicted octanol–water partition coefficient (Wildman–Crippen LogP) is 4.08. The second-order valence-corrected chi connectivity index (χ2v) is 5.78. The Kier molecular flexibility index (Phi) is 4.77. The van der Waals surface area contributed by atoms with Gasteiger partial charge < -0.3 is 9.47 Å². The largest absolute Gasteiger partial charge is 0.497 e. The van der Waals surface area contributed by atoms with Crippen LogP contribution in [-0.2, 0) is 0 Å². The molecular formula is C18H16N2O3S. The highest BCUT2D eigenvalue weighted by atomic mass is 32.1. The first kappa shape index (κ1) is 16.0. The summed E-state index contributed by atoms with van der Waals surface area (Å²) in [5.74, 6) is 1.24. The normalized spacial score (nSPS) is 10.2. The van der Waals surface area contributed by atoms with Crippen LogP contribution in [0.4, 0.5) is 5.13 Å². The molecule has 0 aliphatic carbocycles. The van der Waals surface area contributed by atoms with Crippen LogP contribution < -0.4 is 14.8 Å². The zero-order chi connectivity index (χ0) is 16.9. The third-order valence-corrected chi connectivity index (χ3v) is 4.22. The van der Waals surface area contributed by atoms with Gasteiger partial charge in [-0.3, -0.25) is 10.1 Å². The Balaban J connectivity index is 1.77. The topological polar surface area (TPSA) is 60.5 Å². The number of methoxy groups -OCH3 is 2. The zero-order valence-electron chi connectivity index (χ0n) is 13.3. The first-order valence-corrected chi connectivity index (χ1v) is 8.13. The smallest absolute Gasteiger partial charge is 0.257 e. The summed E-state index contributed by atoms with van der Waals surface area (Å²) in [7, 11) is 3.21. The van der Waals surface area contributed by atoms with Crippen LogP contribution in [-0.4, -0.2) is 25.1 Å². The van der Waals surface area contributed by atoms with E-state index in [0.717, 1.165) is 17.0 Å². The molecule has 1 N–H and O–H groups in total. The summed E-state index contributed by atoms with van der Waals surface area (Å²) in [6.45, 7) is 0. The summed E-state index contributed by atoms with van der Waals surface area (Å²) in [5.41, 5.74) is 2.20. The van der Waals surface area contributed by atoms with Crippen molar-refractivity contribution < 1.29 is 14.3 Å². The maximum Gasteiger partial charge on any atom is 0.257 e. The van der Waals surface area contributed by atoms with Gasteiger partial charge in [0, 0.05) is 16.5 Å². The van der Waals surface area contributed by atoms with Gasteiger partial charge in [0.05, 0.1) is 19.9 Å². The highest BCUT2D eigenvalue weighted by Crippen LogP contribution is 2.32. The molecule has 3 aromatic rings. The highest BCUT2D eigenvalue weighted by molar-refractivity contribution is 7.14. The van der Waals surface area contributed by atoms with Gasteiger partial charge in [0.1, 0.15) is 11.5 Å². The maximum absolute atomic E-state index is 12.3. The van der Waals surface area contributed by atoms with Crippen molar-refractivity contribution in [1.29, 1.82) is 0 Å². The quantitative estimate of drug-likeness (QED) is 0.760. The molecule has 122 valence electrons. The Morgan fingerprint density at radius 2 is 1.79 bits per heavy atom. The zero-order valence-corrected chi connectivity index (χ0v) is 14.1. The van der Waals surface area contributed by atoms with Crippen molar-refractivity contribution in [3.8, 4) is 22.8 Å². The average molecular weight is 340 g/mol. The number of para-hydroxylation sites is 1. The van der Waals surface area contributed by atoms with E-state index in [1.165, 1.54) is 11.3 Å². The Hall–Kier alpha value is -2.86. The fourth-order valence-electron chi connectivity index (χ4n) is 2.22. The number of aromatic nitrogens is 1. The van der Waals surface area contributed by atoms with E-state index < -0.39 is 0 Å². The van der Waals surface area contributed by atoms with Crippen LogP contribution in [0.3, 0.4) is 0 Å². The second kappa shape index (κ2) is 7.14. The third-order valence-electron chi connectivity index (χ3n) is 3.46. The van der Waals surface area contributed by atoms with E-state index in [-0.39, 0.29) is 5.91 Å². The number of nitrogens with one attached hydrogen (secondary N) is 1. The maximum atomic E-state index is 12.3. The molecule has 5 nitrogen and oxygen atoms in total. The number of rotatable bonds is 5. The molecule has 0 spiro atoms. The number of anilines is 1. The van der Waals surface area contributed by atoms with Crippen LogP contribution in [0, 0.1) is 0 Å². The van der Waals surface area contributed by atoms with E-state index in [4.69, 9.17) is 9.47 Å². The molecule has 0 radical (unpaired) electrons. The lowest BCUT2D eigenvalue weighted by Crippen LogP contribution is -2.11. The number of nitrogens with zero attached hydrogens (tertiary/aromatic N) is 1. The molecule has 3 rings (SSSR count). The van der Waals surface area contributed by atoms with Gasteiger partial charge in [0.15, 0.2) is 5.13 Å². The molecule has 1 amide bonds. The third kappa shape index (κ3) is 3.38. The van der Waals surface area contributed by atoms with Gasteiger partial charge in [-0.05, 0) is 36.4 Å². The highest BCUT2D eigenvalue weighted by Gasteiger charge is 2.12. The van der Waals surface area contributed by atoms with Gasteiger partial charge in [0.2, 0.25) is 0 Å². The van der Waals surface area contributed by atoms with Crippen molar-refractivity contribution in [3.05, 3.63) is 59.5 Å². The molecule has 0 saturated carbocycles. The van der Waals surface area contributed by atoms with E-state index in [1.54, 1.807) is 38.5 Å². The average Bonchev–Trinajstić information content (AvgIpc) is 3.10. The monoisotopic (exact) mass is 340 g/mol. The van der Waals surface area contributed by atoms with Crippen molar-refractivity contribution in [2.24, 2.45) is 0 Å². The van der Waals surface area contributed by atoms with Crippen LogP contribution in [0.25, 0.3) is 11.3 Å². The number of amides is 1. The minimum atomic E-state index is -0.210. The Morgan fingerprint density at radius 1 is 1.04 bits per heavy atom. The van der Waals surface area contributed by atoms with Crippen molar-refractivity contribution in [2.45, 2.75) is 0 Å². The fourth-order valence-corrected chi connectivity index (χ4v) is 2.93. The number of thiazole rings is 1. The molecular weight excluding hydrogens is 324 g/mol. The summed E-state index contributed by atoms with van der Waals surface area (Å²) in [6.07, 6.45) is 0. The van der Waals surface area contributed by atoms with Gasteiger partial charge in [0.25, 0.3) is 5.91 Å². The molecule has 0 bridgehead atoms. The summed E-state index contributed by atoms with van der Waals surface area (Å²) in [4.78, 5) is 16.7. The van der Waals surface area contributed by atoms with E-state index in [1.807, 2.05) is 29.6 Å². The number of carbonyl (C=O) groups excluding carboxylic acids is 1. The lowest BCUT2D eigenvalue weighted by molar-refractivity contribution is 0.102. The fraction of sp³-hybridized carbons (Fsp3) is 0.111. The lowest BCUT2D eigenvalue weighted by atomic mass is 10.1. The summed E-state index contributed by atoms with van der Waals surface area (Å²) in [5, 5.41) is 5.24. The molecule has 0 atom stereocenters. The minimum absolute atomic E-state index is 0.210. The van der Waals surface area contributed by atoms with Crippen LogP contribution in [0.2, 0.25) is 0 Å². The summed E-state index contributed by atoms with van der Waals surface area (Å²) in [6, 6.07) is 14.6. The lowest BCUT2D eigenvalue weighted by Gasteiger charge is -2.05. The van der Waals surface area contributed by atoms with Crippen LogP contribution in [0.15, 0.2) is 53.9 Å². The van der Waals surface area contributed by atoms with E-state index >= 15 is 0 Å². The van der Waals surface area contributed by atoms with Crippen molar-refractivity contribution in [1.82, 2.24) is 4.98 Å². The number of hydrogen-bond acceptors (Lipinski definition) is 5. The number of hydrogen-bond donors (Lipinski definition) is 1. The SMILES string of the molecule is COc1ccc(C(=O)Nc2nc(-c3ccccc3OC)cs2)cc1. The number of benzene rings is 2. The standard InChI is InChI=1S/C18H16N2O3S/c1-22-13-9-7-12(8-10-13)17(21)20-18-19-15(11-24-18)14-5-3-4-6-16(14)23-2/h3-11H,1-2H3,(H,19,20,21). The second-order valence-electron chi connectivity index (χ2n) is 4.92. The minimum Gasteiger partial charge on any atom is -0.497 e. The number of carbonyl (C=O) groups is 1. The van der Waals surface area contributed by atoms with E-state index in [2.05, 4.69) is 10.3 Å². The van der Waals surface area contributed by atoms with E-state index in [0.29, 0.717) is 16.4 Å². The van der Waals surface area contributed by atoms with Crippen molar-refractivity contribution >= 4 is 22.4 Å². The van der Waals surface area contributed by atoms with Crippen molar-refractivity contribution in [2.75, 3.05) is 19.5 Å². The van der Waals surface area contributed by atoms with Crippen LogP contribution in [0.1, 0.15) is 10.4 Å². The molecule has 0 unspecified atom stereocenters. The molecule has 1 aromatic heterocycles. The van der Waals surface area contributed by atoms with Crippen LogP contribution in [0.5, 0.6) is 11.5 Å². The van der Waals surface area contributed by atoms with E-state index in [9.17, 15) is 4.79 Å². The summed E-state index contributed by atoms with van der Waals surface area (Å²) < 4.78 is 10.4. The van der Waals surface area contributed by atoms with Gasteiger partial charge in [-0.2, -0.15) is 0 Å². The Labute approximate surface area is 143 Å². The molecule has 0 saturated heterocycles. The van der Waals surface area contributed by atoms with Gasteiger partial charge in [-0.15, -0.1) is 11.3 Å². The molecule has 24 heavy (non-hydrogen) atoms. The molecule has 2 aromatic carbocycles. The molecule has 0 fully saturated rings. The van der Waals surface area contributed by atoms with Gasteiger partial charge >= 0.3 is 0 Å². The molecule has 1 heterocycles. The van der Waals surface area contributed by atoms with Crippen LogP contribution >= 0.6 is 11.3 Å². The Morgan fingerprint density at radius 3 is 2.50 bits per heavy atom. The predicted molar refractivity (Wildman–Crippen MR) is 95.0 cm³/mol. The van der Waals surface area contributed by atoms with Gasteiger partial charge in [-0.1, -0.05) is 12.1 Å². The first-order chi connectivity index (χ1) is 11.7. The molecule has 0 aliphatic heterocycles. The molecule has 6 heteroatoms. The molecule has 0 aliphatic rings.